The number of rotatable bonds is 6. The first kappa shape index (κ1) is 23.3. The Labute approximate surface area is 152 Å². The van der Waals surface area contributed by atoms with Crippen molar-refractivity contribution in [2.45, 2.75) is 72.4 Å². The van der Waals surface area contributed by atoms with Crippen LogP contribution in [0.5, 0.6) is 0 Å². The molecule has 1 aliphatic rings. The van der Waals surface area contributed by atoms with Crippen molar-refractivity contribution in [3.63, 3.8) is 0 Å². The zero-order chi connectivity index (χ0) is 19.2. The molecule has 0 amide bonds. The standard InChI is InChI=1S/C14H24N6O.2C2H6/c1-9(15)12-13(16)18-8-19-14(12)20-11-4-2-10(3-5-11)17-6-7-21;2*1-2/h8,10-11,15,17,21H,2-7H2,1H3,(H3,16,18,19,20);2*1-2H3. The summed E-state index contributed by atoms with van der Waals surface area (Å²) < 4.78 is 0. The Morgan fingerprint density at radius 3 is 2.24 bits per heavy atom. The third-order valence-electron chi connectivity index (χ3n) is 3.86. The maximum Gasteiger partial charge on any atom is 0.140 e. The molecule has 2 rings (SSSR count). The molecule has 0 saturated heterocycles. The lowest BCUT2D eigenvalue weighted by Gasteiger charge is -2.30. The summed E-state index contributed by atoms with van der Waals surface area (Å²) >= 11 is 0. The molecule has 7 nitrogen and oxygen atoms in total. The van der Waals surface area contributed by atoms with E-state index < -0.39 is 0 Å². The highest BCUT2D eigenvalue weighted by molar-refractivity contribution is 6.04. The molecule has 7 heteroatoms. The second-order valence-electron chi connectivity index (χ2n) is 5.48. The van der Waals surface area contributed by atoms with Gasteiger partial charge in [-0.1, -0.05) is 27.7 Å². The maximum absolute atomic E-state index is 8.83. The number of hydrogen-bond acceptors (Lipinski definition) is 7. The molecule has 0 atom stereocenters. The van der Waals surface area contributed by atoms with Crippen LogP contribution in [0.2, 0.25) is 0 Å². The summed E-state index contributed by atoms with van der Waals surface area (Å²) in [5, 5.41) is 23.4. The van der Waals surface area contributed by atoms with Gasteiger partial charge in [0.2, 0.25) is 0 Å². The van der Waals surface area contributed by atoms with Crippen LogP contribution in [0.25, 0.3) is 0 Å². The third-order valence-corrected chi connectivity index (χ3v) is 3.86. The smallest absolute Gasteiger partial charge is 0.140 e. The molecule has 1 fully saturated rings. The predicted molar refractivity (Wildman–Crippen MR) is 106 cm³/mol. The lowest BCUT2D eigenvalue weighted by molar-refractivity contribution is 0.269. The quantitative estimate of drug-likeness (QED) is 0.502. The van der Waals surface area contributed by atoms with Crippen molar-refractivity contribution in [3.05, 3.63) is 11.9 Å². The summed E-state index contributed by atoms with van der Waals surface area (Å²) in [4.78, 5) is 8.18. The van der Waals surface area contributed by atoms with E-state index in [2.05, 4.69) is 20.6 Å². The molecule has 0 bridgehead atoms. The molecule has 1 heterocycles. The normalized spacial score (nSPS) is 19.0. The van der Waals surface area contributed by atoms with Gasteiger partial charge in [-0.3, -0.25) is 0 Å². The van der Waals surface area contributed by atoms with Gasteiger partial charge in [0.1, 0.15) is 18.0 Å². The highest BCUT2D eigenvalue weighted by Crippen LogP contribution is 2.24. The van der Waals surface area contributed by atoms with Gasteiger partial charge in [-0.2, -0.15) is 0 Å². The van der Waals surface area contributed by atoms with Crippen LogP contribution in [-0.4, -0.2) is 46.0 Å². The molecule has 0 radical (unpaired) electrons. The van der Waals surface area contributed by atoms with Crippen LogP contribution in [0.1, 0.15) is 65.9 Å². The SMILES string of the molecule is CC.CC.CC(=N)c1c(N)ncnc1NC1CCC(NCCO)CC1. The zero-order valence-corrected chi connectivity index (χ0v) is 16.4. The first-order chi connectivity index (χ1) is 12.1. The summed E-state index contributed by atoms with van der Waals surface area (Å²) in [5.41, 5.74) is 6.80. The number of aromatic nitrogens is 2. The maximum atomic E-state index is 8.83. The lowest BCUT2D eigenvalue weighted by Crippen LogP contribution is -2.38. The van der Waals surface area contributed by atoms with Crippen molar-refractivity contribution < 1.29 is 5.11 Å². The first-order valence-corrected chi connectivity index (χ1v) is 9.38. The van der Waals surface area contributed by atoms with E-state index in [1.165, 1.54) is 6.33 Å². The molecule has 1 aliphatic carbocycles. The molecule has 0 aliphatic heterocycles. The number of aliphatic hydroxyl groups excluding tert-OH is 1. The van der Waals surface area contributed by atoms with Crippen LogP contribution < -0.4 is 16.4 Å². The number of nitrogens with one attached hydrogen (secondary N) is 3. The van der Waals surface area contributed by atoms with Crippen LogP contribution in [0.3, 0.4) is 0 Å². The molecule has 1 aromatic heterocycles. The van der Waals surface area contributed by atoms with Crippen LogP contribution in [0.15, 0.2) is 6.33 Å². The summed E-state index contributed by atoms with van der Waals surface area (Å²) in [5.74, 6) is 1.00. The van der Waals surface area contributed by atoms with Crippen molar-refractivity contribution in [3.8, 4) is 0 Å². The van der Waals surface area contributed by atoms with Gasteiger partial charge < -0.3 is 26.9 Å². The molecule has 6 N–H and O–H groups in total. The van der Waals surface area contributed by atoms with Crippen molar-refractivity contribution in [2.75, 3.05) is 24.2 Å². The summed E-state index contributed by atoms with van der Waals surface area (Å²) in [6, 6.07) is 0.819. The fraction of sp³-hybridized carbons (Fsp3) is 0.722. The molecule has 0 unspecified atom stereocenters. The molecule has 1 aromatic rings. The van der Waals surface area contributed by atoms with E-state index in [1.54, 1.807) is 6.92 Å². The predicted octanol–water partition coefficient (Wildman–Crippen LogP) is 2.80. The van der Waals surface area contributed by atoms with Gasteiger partial charge >= 0.3 is 0 Å². The topological polar surface area (TPSA) is 120 Å². The summed E-state index contributed by atoms with van der Waals surface area (Å²) in [6.45, 7) is 10.5. The molecule has 0 aromatic carbocycles. The van der Waals surface area contributed by atoms with Gasteiger partial charge in [0, 0.05) is 24.3 Å². The van der Waals surface area contributed by atoms with E-state index in [1.807, 2.05) is 27.7 Å². The Bertz CT molecular complexity index is 486. The van der Waals surface area contributed by atoms with E-state index in [-0.39, 0.29) is 6.61 Å². The second-order valence-corrected chi connectivity index (χ2v) is 5.48. The average Bonchev–Trinajstić information content (AvgIpc) is 2.64. The van der Waals surface area contributed by atoms with E-state index in [0.717, 1.165) is 25.7 Å². The number of nitrogens with two attached hydrogens (primary N) is 1. The number of hydrogen-bond donors (Lipinski definition) is 5. The van der Waals surface area contributed by atoms with Gasteiger partial charge in [0.25, 0.3) is 0 Å². The van der Waals surface area contributed by atoms with E-state index >= 15 is 0 Å². The van der Waals surface area contributed by atoms with Gasteiger partial charge in [-0.25, -0.2) is 9.97 Å². The largest absolute Gasteiger partial charge is 0.395 e. The number of anilines is 2. The van der Waals surface area contributed by atoms with Crippen molar-refractivity contribution in [1.29, 1.82) is 5.41 Å². The molecule has 0 spiro atoms. The third kappa shape index (κ3) is 7.79. The lowest BCUT2D eigenvalue weighted by atomic mass is 9.91. The Hall–Kier alpha value is -1.73. The van der Waals surface area contributed by atoms with E-state index in [0.29, 0.717) is 41.5 Å². The summed E-state index contributed by atoms with van der Waals surface area (Å²) in [7, 11) is 0. The van der Waals surface area contributed by atoms with Crippen molar-refractivity contribution >= 4 is 17.3 Å². The molecule has 1 saturated carbocycles. The van der Waals surface area contributed by atoms with E-state index in [4.69, 9.17) is 16.2 Å². The molecule has 144 valence electrons. The Balaban J connectivity index is 0.00000134. The summed E-state index contributed by atoms with van der Waals surface area (Å²) in [6.07, 6.45) is 5.62. The molecular formula is C18H36N6O. The zero-order valence-electron chi connectivity index (χ0n) is 16.4. The van der Waals surface area contributed by atoms with Crippen molar-refractivity contribution in [1.82, 2.24) is 15.3 Å². The van der Waals surface area contributed by atoms with Gasteiger partial charge in [0.05, 0.1) is 12.2 Å². The highest BCUT2D eigenvalue weighted by Gasteiger charge is 2.22. The van der Waals surface area contributed by atoms with Crippen LogP contribution in [0, 0.1) is 5.41 Å². The fourth-order valence-electron chi connectivity index (χ4n) is 2.78. The molecule has 25 heavy (non-hydrogen) atoms. The van der Waals surface area contributed by atoms with Gasteiger partial charge in [-0.15, -0.1) is 0 Å². The Kier molecular flexibility index (Phi) is 12.6. The first-order valence-electron chi connectivity index (χ1n) is 9.38. The molecular weight excluding hydrogens is 316 g/mol. The number of nitrogen functional groups attached to an aromatic ring is 1. The average molecular weight is 353 g/mol. The fourth-order valence-corrected chi connectivity index (χ4v) is 2.78. The van der Waals surface area contributed by atoms with Crippen LogP contribution in [0.4, 0.5) is 11.6 Å². The monoisotopic (exact) mass is 352 g/mol. The van der Waals surface area contributed by atoms with E-state index in [9.17, 15) is 0 Å². The second kappa shape index (κ2) is 13.5. The minimum atomic E-state index is 0.181. The Morgan fingerprint density at radius 1 is 1.16 bits per heavy atom. The van der Waals surface area contributed by atoms with Gasteiger partial charge in [0.15, 0.2) is 0 Å². The minimum absolute atomic E-state index is 0.181. The minimum Gasteiger partial charge on any atom is -0.395 e. The Morgan fingerprint density at radius 2 is 1.72 bits per heavy atom. The number of nitrogens with zero attached hydrogens (tertiary/aromatic N) is 2. The van der Waals surface area contributed by atoms with Crippen molar-refractivity contribution in [2.24, 2.45) is 0 Å². The highest BCUT2D eigenvalue weighted by atomic mass is 16.3. The van der Waals surface area contributed by atoms with Gasteiger partial charge in [-0.05, 0) is 32.6 Å². The number of aliphatic hydroxyl groups is 1. The van der Waals surface area contributed by atoms with Crippen LogP contribution >= 0.6 is 0 Å². The van der Waals surface area contributed by atoms with Crippen LogP contribution in [-0.2, 0) is 0 Å².